The normalized spacial score (nSPS) is 12.2. The largest absolute Gasteiger partial charge is 0.496 e. The van der Waals surface area contributed by atoms with E-state index in [1.807, 2.05) is 36.4 Å². The Hall–Kier alpha value is -0.740. The number of nitrogens with one attached hydrogen (secondary N) is 1. The second kappa shape index (κ2) is 7.50. The van der Waals surface area contributed by atoms with Gasteiger partial charge in [0.25, 0.3) is 0 Å². The van der Waals surface area contributed by atoms with Gasteiger partial charge in [0.2, 0.25) is 0 Å². The maximum absolute atomic E-state index is 6.15. The Morgan fingerprint density at radius 2 is 1.90 bits per heavy atom. The van der Waals surface area contributed by atoms with E-state index in [4.69, 9.17) is 27.9 Å². The van der Waals surface area contributed by atoms with Crippen LogP contribution in [-0.4, -0.2) is 13.7 Å². The van der Waals surface area contributed by atoms with E-state index in [1.54, 1.807) is 7.11 Å². The molecule has 0 aromatic heterocycles. The third-order valence-electron chi connectivity index (χ3n) is 3.19. The molecule has 0 fully saturated rings. The summed E-state index contributed by atoms with van der Waals surface area (Å²) in [6, 6.07) is 11.7. The van der Waals surface area contributed by atoms with Gasteiger partial charge in [-0.05, 0) is 36.4 Å². The molecule has 2 rings (SSSR count). The minimum absolute atomic E-state index is 0.00665. The van der Waals surface area contributed by atoms with Crippen molar-refractivity contribution in [1.82, 2.24) is 5.32 Å². The maximum Gasteiger partial charge on any atom is 0.125 e. The lowest BCUT2D eigenvalue weighted by Gasteiger charge is -2.22. The van der Waals surface area contributed by atoms with Gasteiger partial charge in [-0.25, -0.2) is 0 Å². The molecule has 1 unspecified atom stereocenters. The first-order valence-electron chi connectivity index (χ1n) is 6.58. The van der Waals surface area contributed by atoms with Crippen molar-refractivity contribution < 1.29 is 4.74 Å². The number of methoxy groups -OCH3 is 1. The average molecular weight is 389 g/mol. The fraction of sp³-hybridized carbons (Fsp3) is 0.250. The quantitative estimate of drug-likeness (QED) is 0.733. The average Bonchev–Trinajstić information content (AvgIpc) is 2.48. The van der Waals surface area contributed by atoms with E-state index in [9.17, 15) is 0 Å². The van der Waals surface area contributed by atoms with E-state index in [0.29, 0.717) is 10.0 Å². The molecule has 2 aromatic carbocycles. The topological polar surface area (TPSA) is 21.3 Å². The molecule has 0 radical (unpaired) electrons. The highest BCUT2D eigenvalue weighted by atomic mass is 79.9. The van der Waals surface area contributed by atoms with Crippen LogP contribution >= 0.6 is 39.1 Å². The predicted molar refractivity (Wildman–Crippen MR) is 92.7 cm³/mol. The molecule has 1 N–H and O–H groups in total. The Bertz CT molecular complexity index is 634. The summed E-state index contributed by atoms with van der Waals surface area (Å²) in [4.78, 5) is 0. The van der Waals surface area contributed by atoms with Gasteiger partial charge in [-0.1, -0.05) is 58.2 Å². The molecule has 21 heavy (non-hydrogen) atoms. The van der Waals surface area contributed by atoms with E-state index in [2.05, 4.69) is 28.2 Å². The van der Waals surface area contributed by atoms with E-state index in [-0.39, 0.29) is 6.04 Å². The second-order valence-electron chi connectivity index (χ2n) is 4.55. The Morgan fingerprint density at radius 3 is 2.52 bits per heavy atom. The Morgan fingerprint density at radius 1 is 1.14 bits per heavy atom. The van der Waals surface area contributed by atoms with E-state index in [0.717, 1.165) is 27.9 Å². The van der Waals surface area contributed by atoms with Gasteiger partial charge in [0.05, 0.1) is 23.2 Å². The lowest BCUT2D eigenvalue weighted by molar-refractivity contribution is 0.404. The second-order valence-corrected chi connectivity index (χ2v) is 6.28. The van der Waals surface area contributed by atoms with Crippen LogP contribution in [0.5, 0.6) is 5.75 Å². The van der Waals surface area contributed by atoms with E-state index >= 15 is 0 Å². The number of rotatable bonds is 5. The molecule has 0 saturated heterocycles. The van der Waals surface area contributed by atoms with Crippen molar-refractivity contribution in [2.45, 2.75) is 13.0 Å². The van der Waals surface area contributed by atoms with Crippen molar-refractivity contribution in [2.24, 2.45) is 0 Å². The molecule has 2 nitrogen and oxygen atoms in total. The number of hydrogen-bond acceptors (Lipinski definition) is 2. The standard InChI is InChI=1S/C16H16BrCl2NO/c1-3-20-16(10-4-7-13(18)14(19)8-10)12-6-5-11(17)9-15(12)21-2/h4-9,16,20H,3H2,1-2H3. The minimum Gasteiger partial charge on any atom is -0.496 e. The fourth-order valence-corrected chi connectivity index (χ4v) is 2.87. The summed E-state index contributed by atoms with van der Waals surface area (Å²) in [6.45, 7) is 2.89. The zero-order valence-corrected chi connectivity index (χ0v) is 14.9. The Labute approximate surface area is 143 Å². The monoisotopic (exact) mass is 387 g/mol. The number of hydrogen-bond donors (Lipinski definition) is 1. The van der Waals surface area contributed by atoms with Gasteiger partial charge in [0, 0.05) is 10.0 Å². The van der Waals surface area contributed by atoms with Crippen LogP contribution in [0.15, 0.2) is 40.9 Å². The van der Waals surface area contributed by atoms with E-state index in [1.165, 1.54) is 0 Å². The Kier molecular flexibility index (Phi) is 5.94. The van der Waals surface area contributed by atoms with Crippen molar-refractivity contribution in [2.75, 3.05) is 13.7 Å². The molecule has 0 heterocycles. The molecule has 0 amide bonds. The van der Waals surface area contributed by atoms with Crippen LogP contribution in [0.4, 0.5) is 0 Å². The molecular weight excluding hydrogens is 373 g/mol. The first-order valence-corrected chi connectivity index (χ1v) is 8.13. The highest BCUT2D eigenvalue weighted by Crippen LogP contribution is 2.34. The third-order valence-corrected chi connectivity index (χ3v) is 4.42. The van der Waals surface area contributed by atoms with Gasteiger partial charge in [0.15, 0.2) is 0 Å². The van der Waals surface area contributed by atoms with Crippen molar-refractivity contribution in [3.8, 4) is 5.75 Å². The molecular formula is C16H16BrCl2NO. The lowest BCUT2D eigenvalue weighted by Crippen LogP contribution is -2.22. The molecule has 5 heteroatoms. The van der Waals surface area contributed by atoms with Crippen LogP contribution in [-0.2, 0) is 0 Å². The van der Waals surface area contributed by atoms with E-state index < -0.39 is 0 Å². The summed E-state index contributed by atoms with van der Waals surface area (Å²) in [5, 5.41) is 4.56. The predicted octanol–water partition coefficient (Wildman–Crippen LogP) is 5.46. The van der Waals surface area contributed by atoms with Crippen LogP contribution < -0.4 is 10.1 Å². The molecule has 1 atom stereocenters. The molecule has 0 spiro atoms. The molecule has 0 saturated carbocycles. The van der Waals surface area contributed by atoms with Crippen molar-refractivity contribution in [3.63, 3.8) is 0 Å². The fourth-order valence-electron chi connectivity index (χ4n) is 2.23. The van der Waals surface area contributed by atoms with Crippen molar-refractivity contribution in [1.29, 1.82) is 0 Å². The summed E-state index contributed by atoms with van der Waals surface area (Å²) in [5.41, 5.74) is 2.10. The van der Waals surface area contributed by atoms with Gasteiger partial charge in [-0.15, -0.1) is 0 Å². The van der Waals surface area contributed by atoms with Gasteiger partial charge < -0.3 is 10.1 Å². The van der Waals surface area contributed by atoms with Crippen LogP contribution in [0.25, 0.3) is 0 Å². The number of halogens is 3. The molecule has 112 valence electrons. The summed E-state index contributed by atoms with van der Waals surface area (Å²) in [5.74, 6) is 0.821. The van der Waals surface area contributed by atoms with Gasteiger partial charge in [-0.3, -0.25) is 0 Å². The van der Waals surface area contributed by atoms with Gasteiger partial charge in [-0.2, -0.15) is 0 Å². The zero-order valence-electron chi connectivity index (χ0n) is 11.8. The molecule has 2 aromatic rings. The number of ether oxygens (including phenoxy) is 1. The van der Waals surface area contributed by atoms with Gasteiger partial charge in [0.1, 0.15) is 5.75 Å². The summed E-state index contributed by atoms with van der Waals surface area (Å²) in [6.07, 6.45) is 0. The lowest BCUT2D eigenvalue weighted by atomic mass is 9.97. The molecule has 0 aliphatic heterocycles. The first-order chi connectivity index (χ1) is 10.1. The minimum atomic E-state index is -0.00665. The summed E-state index contributed by atoms with van der Waals surface area (Å²) >= 11 is 15.6. The van der Waals surface area contributed by atoms with Crippen LogP contribution in [0, 0.1) is 0 Å². The first kappa shape index (κ1) is 16.6. The van der Waals surface area contributed by atoms with Crippen LogP contribution in [0.2, 0.25) is 10.0 Å². The van der Waals surface area contributed by atoms with Gasteiger partial charge >= 0.3 is 0 Å². The molecule has 0 bridgehead atoms. The smallest absolute Gasteiger partial charge is 0.125 e. The highest BCUT2D eigenvalue weighted by molar-refractivity contribution is 9.10. The maximum atomic E-state index is 6.15. The van der Waals surface area contributed by atoms with Crippen LogP contribution in [0.3, 0.4) is 0 Å². The summed E-state index contributed by atoms with van der Waals surface area (Å²) in [7, 11) is 1.67. The zero-order chi connectivity index (χ0) is 15.4. The Balaban J connectivity index is 2.50. The highest BCUT2D eigenvalue weighted by Gasteiger charge is 2.18. The van der Waals surface area contributed by atoms with Crippen molar-refractivity contribution in [3.05, 3.63) is 62.0 Å². The number of benzene rings is 2. The molecule has 0 aliphatic carbocycles. The summed E-state index contributed by atoms with van der Waals surface area (Å²) < 4.78 is 6.48. The SMILES string of the molecule is CCNC(c1ccc(Cl)c(Cl)c1)c1ccc(Br)cc1OC. The van der Waals surface area contributed by atoms with Crippen LogP contribution in [0.1, 0.15) is 24.1 Å². The molecule has 0 aliphatic rings. The third kappa shape index (κ3) is 3.92. The van der Waals surface area contributed by atoms with Crippen molar-refractivity contribution >= 4 is 39.1 Å².